The molecule has 0 fully saturated rings. The lowest BCUT2D eigenvalue weighted by Crippen LogP contribution is -2.36. The molecule has 0 bridgehead atoms. The SMILES string of the molecule is CN(C)S(=O)(=O)NCCc1noc(C(F)(F)F)n1. The number of rotatable bonds is 5. The van der Waals surface area contributed by atoms with Crippen LogP contribution >= 0.6 is 0 Å². The first-order chi connectivity index (χ1) is 8.13. The van der Waals surface area contributed by atoms with Crippen LogP contribution in [0.3, 0.4) is 0 Å². The zero-order chi connectivity index (χ0) is 14.0. The molecule has 0 spiro atoms. The highest BCUT2D eigenvalue weighted by molar-refractivity contribution is 7.87. The number of alkyl halides is 3. The standard InChI is InChI=1S/C7H11F3N4O3S/c1-14(2)18(15,16)11-4-3-5-12-6(17-13-5)7(8,9)10/h11H,3-4H2,1-2H3. The molecule has 7 nitrogen and oxygen atoms in total. The van der Waals surface area contributed by atoms with Crippen LogP contribution in [0.4, 0.5) is 13.2 Å². The summed E-state index contributed by atoms with van der Waals surface area (Å²) in [6.07, 6.45) is -4.80. The van der Waals surface area contributed by atoms with Gasteiger partial charge in [0.2, 0.25) is 0 Å². The Kier molecular flexibility index (Phi) is 4.29. The molecule has 0 radical (unpaired) electrons. The third kappa shape index (κ3) is 3.92. The maximum Gasteiger partial charge on any atom is 0.471 e. The van der Waals surface area contributed by atoms with Crippen LogP contribution in [0.2, 0.25) is 0 Å². The van der Waals surface area contributed by atoms with Gasteiger partial charge in [-0.05, 0) is 0 Å². The Bertz CT molecular complexity index is 496. The molecule has 104 valence electrons. The van der Waals surface area contributed by atoms with E-state index in [1.807, 2.05) is 0 Å². The quantitative estimate of drug-likeness (QED) is 0.825. The lowest BCUT2D eigenvalue weighted by Gasteiger charge is -2.11. The molecule has 1 aromatic rings. The van der Waals surface area contributed by atoms with E-state index >= 15 is 0 Å². The molecule has 1 N–H and O–H groups in total. The summed E-state index contributed by atoms with van der Waals surface area (Å²) < 4.78 is 65.9. The van der Waals surface area contributed by atoms with Crippen LogP contribution < -0.4 is 4.72 Å². The van der Waals surface area contributed by atoms with Crippen molar-refractivity contribution in [2.24, 2.45) is 0 Å². The maximum atomic E-state index is 12.1. The van der Waals surface area contributed by atoms with Gasteiger partial charge < -0.3 is 4.52 Å². The highest BCUT2D eigenvalue weighted by atomic mass is 32.2. The van der Waals surface area contributed by atoms with Crippen molar-refractivity contribution in [2.75, 3.05) is 20.6 Å². The van der Waals surface area contributed by atoms with E-state index in [-0.39, 0.29) is 18.8 Å². The van der Waals surface area contributed by atoms with Crippen LogP contribution in [0.15, 0.2) is 4.52 Å². The maximum absolute atomic E-state index is 12.1. The second-order valence-electron chi connectivity index (χ2n) is 3.45. The first-order valence-electron chi connectivity index (χ1n) is 4.70. The van der Waals surface area contributed by atoms with Crippen molar-refractivity contribution < 1.29 is 26.1 Å². The Morgan fingerprint density at radius 3 is 2.44 bits per heavy atom. The van der Waals surface area contributed by atoms with Gasteiger partial charge >= 0.3 is 12.1 Å². The topological polar surface area (TPSA) is 88.3 Å². The van der Waals surface area contributed by atoms with E-state index in [2.05, 4.69) is 19.4 Å². The minimum Gasteiger partial charge on any atom is -0.329 e. The molecular weight excluding hydrogens is 277 g/mol. The summed E-state index contributed by atoms with van der Waals surface area (Å²) in [5, 5.41) is 3.09. The summed E-state index contributed by atoms with van der Waals surface area (Å²) >= 11 is 0. The molecule has 0 saturated carbocycles. The van der Waals surface area contributed by atoms with Crippen LogP contribution in [-0.2, 0) is 22.8 Å². The van der Waals surface area contributed by atoms with E-state index in [1.165, 1.54) is 14.1 Å². The van der Waals surface area contributed by atoms with Crippen LogP contribution in [0, 0.1) is 0 Å². The second kappa shape index (κ2) is 5.20. The van der Waals surface area contributed by atoms with Crippen LogP contribution in [0.25, 0.3) is 0 Å². The fraction of sp³-hybridized carbons (Fsp3) is 0.714. The number of nitrogens with one attached hydrogen (secondary N) is 1. The van der Waals surface area contributed by atoms with Gasteiger partial charge in [-0.15, -0.1) is 0 Å². The molecule has 18 heavy (non-hydrogen) atoms. The van der Waals surface area contributed by atoms with Crippen LogP contribution in [0.5, 0.6) is 0 Å². The third-order valence-corrected chi connectivity index (χ3v) is 3.35. The van der Waals surface area contributed by atoms with Crippen molar-refractivity contribution in [3.05, 3.63) is 11.7 Å². The summed E-state index contributed by atoms with van der Waals surface area (Å²) in [5.74, 6) is -1.67. The number of hydrogen-bond donors (Lipinski definition) is 1. The van der Waals surface area contributed by atoms with Crippen molar-refractivity contribution in [1.29, 1.82) is 0 Å². The van der Waals surface area contributed by atoms with Gasteiger partial charge in [0.05, 0.1) is 0 Å². The Labute approximate surface area is 101 Å². The molecule has 0 aromatic carbocycles. The summed E-state index contributed by atoms with van der Waals surface area (Å²) in [6.45, 7) is -0.128. The van der Waals surface area contributed by atoms with E-state index in [0.717, 1.165) is 4.31 Å². The predicted molar refractivity (Wildman–Crippen MR) is 53.6 cm³/mol. The molecular formula is C7H11F3N4O3S. The molecule has 0 unspecified atom stereocenters. The van der Waals surface area contributed by atoms with E-state index in [4.69, 9.17) is 0 Å². The first kappa shape index (κ1) is 14.9. The minimum absolute atomic E-state index is 0.105. The molecule has 1 rings (SSSR count). The Hall–Kier alpha value is -1.20. The van der Waals surface area contributed by atoms with Crippen molar-refractivity contribution in [1.82, 2.24) is 19.2 Å². The highest BCUT2D eigenvalue weighted by Crippen LogP contribution is 2.27. The lowest BCUT2D eigenvalue weighted by molar-refractivity contribution is -0.159. The van der Waals surface area contributed by atoms with Gasteiger partial charge in [0, 0.05) is 27.1 Å². The molecule has 11 heteroatoms. The summed E-state index contributed by atoms with van der Waals surface area (Å²) in [4.78, 5) is 3.09. The van der Waals surface area contributed by atoms with Gasteiger partial charge in [-0.3, -0.25) is 0 Å². The predicted octanol–water partition coefficient (Wildman–Crippen LogP) is 0.0269. The molecule has 0 aliphatic heterocycles. The monoisotopic (exact) mass is 288 g/mol. The van der Waals surface area contributed by atoms with Crippen LogP contribution in [-0.4, -0.2) is 43.5 Å². The van der Waals surface area contributed by atoms with Crippen molar-refractivity contribution in [3.63, 3.8) is 0 Å². The number of hydrogen-bond acceptors (Lipinski definition) is 5. The van der Waals surface area contributed by atoms with Gasteiger partial charge in [-0.2, -0.15) is 30.9 Å². The normalized spacial score (nSPS) is 13.2. The van der Waals surface area contributed by atoms with Gasteiger partial charge in [0.1, 0.15) is 0 Å². The van der Waals surface area contributed by atoms with E-state index in [0.29, 0.717) is 0 Å². The molecule has 0 atom stereocenters. The van der Waals surface area contributed by atoms with E-state index in [1.54, 1.807) is 0 Å². The van der Waals surface area contributed by atoms with Gasteiger partial charge in [-0.1, -0.05) is 5.16 Å². The molecule has 0 aliphatic carbocycles. The Morgan fingerprint density at radius 1 is 1.39 bits per heavy atom. The minimum atomic E-state index is -4.70. The molecule has 0 saturated heterocycles. The largest absolute Gasteiger partial charge is 0.471 e. The van der Waals surface area contributed by atoms with E-state index in [9.17, 15) is 21.6 Å². The van der Waals surface area contributed by atoms with Gasteiger partial charge in [-0.25, -0.2) is 4.72 Å². The Morgan fingerprint density at radius 2 is 2.00 bits per heavy atom. The van der Waals surface area contributed by atoms with Crippen molar-refractivity contribution in [2.45, 2.75) is 12.6 Å². The smallest absolute Gasteiger partial charge is 0.329 e. The van der Waals surface area contributed by atoms with Crippen LogP contribution in [0.1, 0.15) is 11.7 Å². The van der Waals surface area contributed by atoms with Crippen molar-refractivity contribution in [3.8, 4) is 0 Å². The summed E-state index contributed by atoms with van der Waals surface area (Å²) in [7, 11) is -0.979. The molecule has 0 amide bonds. The van der Waals surface area contributed by atoms with Gasteiger partial charge in [0.15, 0.2) is 5.82 Å². The lowest BCUT2D eigenvalue weighted by atomic mass is 10.4. The number of nitrogens with zero attached hydrogens (tertiary/aromatic N) is 3. The molecule has 0 aliphatic rings. The fourth-order valence-electron chi connectivity index (χ4n) is 0.892. The van der Waals surface area contributed by atoms with E-state index < -0.39 is 22.3 Å². The highest BCUT2D eigenvalue weighted by Gasteiger charge is 2.38. The third-order valence-electron chi connectivity index (χ3n) is 1.82. The molecule has 1 heterocycles. The van der Waals surface area contributed by atoms with Gasteiger partial charge in [0.25, 0.3) is 10.2 Å². The summed E-state index contributed by atoms with van der Waals surface area (Å²) in [6, 6.07) is 0. The van der Waals surface area contributed by atoms with Crippen molar-refractivity contribution >= 4 is 10.2 Å². The zero-order valence-corrected chi connectivity index (χ0v) is 10.3. The summed E-state index contributed by atoms with van der Waals surface area (Å²) in [5.41, 5.74) is 0. The zero-order valence-electron chi connectivity index (χ0n) is 9.52. The average molecular weight is 288 g/mol. The fourth-order valence-corrected chi connectivity index (χ4v) is 1.51. The molecule has 1 aromatic heterocycles. The number of halogens is 3. The second-order valence-corrected chi connectivity index (χ2v) is 5.41. The number of aromatic nitrogens is 2. The first-order valence-corrected chi connectivity index (χ1v) is 6.14. The average Bonchev–Trinajstić information content (AvgIpc) is 2.65. The Balaban J connectivity index is 2.53.